The van der Waals surface area contributed by atoms with Crippen molar-refractivity contribution >= 4 is 68.9 Å². The van der Waals surface area contributed by atoms with Crippen molar-refractivity contribution in [3.63, 3.8) is 0 Å². The third-order valence-corrected chi connectivity index (χ3v) is 3.58. The first-order valence-corrected chi connectivity index (χ1v) is 5.69. The molecule has 1 aromatic heterocycles. The van der Waals surface area contributed by atoms with Gasteiger partial charge in [-0.3, -0.25) is 0 Å². The molecule has 0 aliphatic carbocycles. The molecule has 1 nitrogen and oxygen atoms in total. The summed E-state index contributed by atoms with van der Waals surface area (Å²) < 4.78 is 0. The molecule has 1 heterocycles. The van der Waals surface area contributed by atoms with E-state index in [-0.39, 0.29) is 10.2 Å². The van der Waals surface area contributed by atoms with Gasteiger partial charge in [0.05, 0.1) is 20.6 Å². The second-order valence-corrected chi connectivity index (χ2v) is 4.77. The Labute approximate surface area is 111 Å². The van der Waals surface area contributed by atoms with Crippen LogP contribution < -0.4 is 0 Å². The fourth-order valence-electron chi connectivity index (χ4n) is 1.20. The van der Waals surface area contributed by atoms with E-state index in [1.54, 1.807) is 12.1 Å². The molecule has 0 unspecified atom stereocenters. The first-order chi connectivity index (χ1) is 7.00. The summed E-state index contributed by atoms with van der Waals surface area (Å²) in [5.74, 6) is 0. The molecule has 0 saturated heterocycles. The normalized spacial score (nSPS) is 11.0. The zero-order chi connectivity index (χ0) is 11.2. The van der Waals surface area contributed by atoms with E-state index in [1.165, 1.54) is 0 Å². The minimum atomic E-state index is 0.124. The van der Waals surface area contributed by atoms with Crippen LogP contribution in [0.25, 0.3) is 10.9 Å². The number of rotatable bonds is 0. The fraction of sp³-hybridized carbons (Fsp3) is 0. The molecule has 1 aromatic carbocycles. The monoisotopic (exact) mass is 299 g/mol. The van der Waals surface area contributed by atoms with Crippen LogP contribution in [0.4, 0.5) is 0 Å². The van der Waals surface area contributed by atoms with Gasteiger partial charge in [0.2, 0.25) is 0 Å². The maximum atomic E-state index is 6.00. The van der Waals surface area contributed by atoms with Crippen LogP contribution in [0, 0.1) is 0 Å². The Bertz CT molecular complexity index is 552. The molecule has 0 N–H and O–H groups in total. The molecule has 6 heteroatoms. The quantitative estimate of drug-likeness (QED) is 0.585. The molecular formula is C9H2Cl5N. The van der Waals surface area contributed by atoms with Crippen LogP contribution in [-0.4, -0.2) is 4.98 Å². The minimum absolute atomic E-state index is 0.124. The van der Waals surface area contributed by atoms with Crippen LogP contribution >= 0.6 is 58.0 Å². The molecule has 78 valence electrons. The van der Waals surface area contributed by atoms with Crippen LogP contribution in [0.5, 0.6) is 0 Å². The second kappa shape index (κ2) is 4.15. The topological polar surface area (TPSA) is 12.9 Å². The molecule has 0 atom stereocenters. The van der Waals surface area contributed by atoms with E-state index >= 15 is 0 Å². The number of benzene rings is 1. The summed E-state index contributed by atoms with van der Waals surface area (Å²) >= 11 is 29.4. The van der Waals surface area contributed by atoms with Crippen LogP contribution in [0.2, 0.25) is 25.2 Å². The number of nitrogens with zero attached hydrogens (tertiary/aromatic N) is 1. The number of pyridine rings is 1. The largest absolute Gasteiger partial charge is 0.233 e. The Morgan fingerprint density at radius 1 is 0.867 bits per heavy atom. The van der Waals surface area contributed by atoms with Gasteiger partial charge in [-0.1, -0.05) is 58.0 Å². The summed E-state index contributed by atoms with van der Waals surface area (Å²) in [6.45, 7) is 0. The summed E-state index contributed by atoms with van der Waals surface area (Å²) in [7, 11) is 0. The molecule has 0 aliphatic rings. The smallest absolute Gasteiger partial charge is 0.149 e. The summed E-state index contributed by atoms with van der Waals surface area (Å²) in [4.78, 5) is 4.04. The Kier molecular flexibility index (Phi) is 3.20. The zero-order valence-electron chi connectivity index (χ0n) is 6.99. The molecule has 0 spiro atoms. The number of fused-ring (bicyclic) bond motifs is 1. The highest BCUT2D eigenvalue weighted by Gasteiger charge is 2.13. The predicted molar refractivity (Wildman–Crippen MR) is 66.8 cm³/mol. The van der Waals surface area contributed by atoms with Gasteiger partial charge in [0.15, 0.2) is 0 Å². The number of hydrogen-bond acceptors (Lipinski definition) is 1. The van der Waals surface area contributed by atoms with Gasteiger partial charge >= 0.3 is 0 Å². The maximum absolute atomic E-state index is 6.00. The molecule has 15 heavy (non-hydrogen) atoms. The summed E-state index contributed by atoms with van der Waals surface area (Å²) in [6.07, 6.45) is 0. The molecule has 2 aromatic rings. The number of aromatic nitrogens is 1. The van der Waals surface area contributed by atoms with Gasteiger partial charge in [-0.2, -0.15) is 0 Å². The second-order valence-electron chi connectivity index (χ2n) is 2.81. The van der Waals surface area contributed by atoms with Crippen molar-refractivity contribution in [1.29, 1.82) is 0 Å². The number of hydrogen-bond donors (Lipinski definition) is 0. The summed E-state index contributed by atoms with van der Waals surface area (Å²) in [6, 6.07) is 3.21. The third kappa shape index (κ3) is 2.00. The van der Waals surface area contributed by atoms with E-state index in [4.69, 9.17) is 58.0 Å². The van der Waals surface area contributed by atoms with Crippen LogP contribution in [0.1, 0.15) is 0 Å². The van der Waals surface area contributed by atoms with E-state index in [0.29, 0.717) is 26.0 Å². The Hall–Kier alpha value is 0.0800. The van der Waals surface area contributed by atoms with Gasteiger partial charge in [-0.05, 0) is 12.1 Å². The van der Waals surface area contributed by atoms with Crippen molar-refractivity contribution in [2.24, 2.45) is 0 Å². The number of halogens is 5. The van der Waals surface area contributed by atoms with Crippen LogP contribution in [0.3, 0.4) is 0 Å². The highest BCUT2D eigenvalue weighted by molar-refractivity contribution is 6.50. The first-order valence-electron chi connectivity index (χ1n) is 3.80. The van der Waals surface area contributed by atoms with Crippen molar-refractivity contribution in [2.75, 3.05) is 0 Å². The summed E-state index contributed by atoms with van der Waals surface area (Å²) in [5, 5.41) is 2.06. The van der Waals surface area contributed by atoms with Gasteiger partial charge in [-0.25, -0.2) is 4.98 Å². The zero-order valence-corrected chi connectivity index (χ0v) is 10.8. The van der Waals surface area contributed by atoms with Crippen LogP contribution in [-0.2, 0) is 0 Å². The molecule has 0 bridgehead atoms. The average molecular weight is 301 g/mol. The molecule has 0 radical (unpaired) electrons. The highest BCUT2D eigenvalue weighted by Crippen LogP contribution is 2.38. The van der Waals surface area contributed by atoms with E-state index in [1.807, 2.05) is 0 Å². The van der Waals surface area contributed by atoms with Gasteiger partial charge in [0.1, 0.15) is 5.15 Å². The van der Waals surface area contributed by atoms with Crippen molar-refractivity contribution < 1.29 is 0 Å². The average Bonchev–Trinajstić information content (AvgIpc) is 2.17. The summed E-state index contributed by atoms with van der Waals surface area (Å²) in [5.41, 5.74) is 0.487. The van der Waals surface area contributed by atoms with E-state index in [0.717, 1.165) is 0 Å². The van der Waals surface area contributed by atoms with Gasteiger partial charge in [-0.15, -0.1) is 0 Å². The van der Waals surface area contributed by atoms with E-state index in [9.17, 15) is 0 Å². The van der Waals surface area contributed by atoms with E-state index in [2.05, 4.69) is 4.98 Å². The fourth-order valence-corrected chi connectivity index (χ4v) is 2.34. The lowest BCUT2D eigenvalue weighted by Gasteiger charge is -2.06. The molecule has 0 aliphatic heterocycles. The minimum Gasteiger partial charge on any atom is -0.233 e. The highest BCUT2D eigenvalue weighted by atomic mass is 35.5. The Morgan fingerprint density at radius 3 is 2.20 bits per heavy atom. The first kappa shape index (κ1) is 11.6. The Balaban J connectivity index is 2.98. The molecule has 0 amide bonds. The molecule has 0 saturated carbocycles. The van der Waals surface area contributed by atoms with Gasteiger partial charge in [0, 0.05) is 10.4 Å². The van der Waals surface area contributed by atoms with Crippen molar-refractivity contribution in [3.05, 3.63) is 37.4 Å². The van der Waals surface area contributed by atoms with E-state index < -0.39 is 0 Å². The lowest BCUT2D eigenvalue weighted by Crippen LogP contribution is -1.85. The predicted octanol–water partition coefficient (Wildman–Crippen LogP) is 5.50. The van der Waals surface area contributed by atoms with Crippen molar-refractivity contribution in [2.45, 2.75) is 0 Å². The van der Waals surface area contributed by atoms with Crippen molar-refractivity contribution in [1.82, 2.24) is 4.98 Å². The SMILES string of the molecule is Clc1cc(Cl)c2nc(Cl)c(Cl)c(Cl)c2c1. The van der Waals surface area contributed by atoms with Gasteiger partial charge in [0.25, 0.3) is 0 Å². The van der Waals surface area contributed by atoms with Crippen molar-refractivity contribution in [3.8, 4) is 0 Å². The molecule has 0 fully saturated rings. The van der Waals surface area contributed by atoms with Gasteiger partial charge < -0.3 is 0 Å². The third-order valence-electron chi connectivity index (χ3n) is 1.85. The van der Waals surface area contributed by atoms with Crippen LogP contribution in [0.15, 0.2) is 12.1 Å². The lowest BCUT2D eigenvalue weighted by molar-refractivity contribution is 1.41. The molecular weight excluding hydrogens is 299 g/mol. The lowest BCUT2D eigenvalue weighted by atomic mass is 10.2. The standard InChI is InChI=1S/C9H2Cl5N/c10-3-1-4-6(12)7(13)9(14)15-8(4)5(11)2-3/h1-2H. The Morgan fingerprint density at radius 2 is 1.53 bits per heavy atom. The molecule has 2 rings (SSSR count). The maximum Gasteiger partial charge on any atom is 0.149 e.